The molecule has 20 heavy (non-hydrogen) atoms. The molecule has 1 unspecified atom stereocenters. The molecule has 0 radical (unpaired) electrons. The average molecular weight is 289 g/mol. The largest absolute Gasteiger partial charge is 0.477 e. The van der Waals surface area contributed by atoms with Crippen molar-refractivity contribution in [1.82, 2.24) is 4.98 Å². The molecular weight excluding hydrogens is 274 g/mol. The fourth-order valence-corrected chi connectivity index (χ4v) is 3.42. The highest BCUT2D eigenvalue weighted by molar-refractivity contribution is 7.14. The molecule has 1 N–H and O–H groups in total. The van der Waals surface area contributed by atoms with Crippen molar-refractivity contribution in [3.63, 3.8) is 0 Å². The van der Waals surface area contributed by atoms with Crippen LogP contribution in [0, 0.1) is 5.92 Å². The van der Waals surface area contributed by atoms with Gasteiger partial charge in [-0.05, 0) is 12.3 Å². The van der Waals surface area contributed by atoms with Crippen molar-refractivity contribution in [2.45, 2.75) is 12.8 Å². The molecule has 1 aromatic carbocycles. The second-order valence-electron chi connectivity index (χ2n) is 4.89. The smallest absolute Gasteiger partial charge is 0.348 e. The van der Waals surface area contributed by atoms with E-state index in [2.05, 4.69) is 4.98 Å². The first-order valence-electron chi connectivity index (χ1n) is 6.60. The fraction of sp³-hybridized carbons (Fsp3) is 0.333. The monoisotopic (exact) mass is 289 g/mol. The first-order chi connectivity index (χ1) is 9.74. The van der Waals surface area contributed by atoms with E-state index in [1.807, 2.05) is 30.3 Å². The summed E-state index contributed by atoms with van der Waals surface area (Å²) in [6.45, 7) is 1.55. The SMILES string of the molecule is O=C(O)c1sc(CC2CCOC2)nc1-c1ccccc1. The van der Waals surface area contributed by atoms with Crippen LogP contribution in [0.15, 0.2) is 30.3 Å². The molecule has 2 aromatic rings. The number of hydrogen-bond acceptors (Lipinski definition) is 4. The second kappa shape index (κ2) is 5.73. The molecule has 1 saturated heterocycles. The van der Waals surface area contributed by atoms with Crippen LogP contribution in [-0.4, -0.2) is 29.3 Å². The molecule has 4 nitrogen and oxygen atoms in total. The van der Waals surface area contributed by atoms with Crippen molar-refractivity contribution in [3.8, 4) is 11.3 Å². The van der Waals surface area contributed by atoms with E-state index >= 15 is 0 Å². The van der Waals surface area contributed by atoms with E-state index in [9.17, 15) is 9.90 Å². The molecule has 2 heterocycles. The minimum absolute atomic E-state index is 0.324. The predicted molar refractivity (Wildman–Crippen MR) is 77.1 cm³/mol. The molecule has 0 amide bonds. The van der Waals surface area contributed by atoms with Crippen LogP contribution in [-0.2, 0) is 11.2 Å². The maximum absolute atomic E-state index is 11.4. The van der Waals surface area contributed by atoms with Gasteiger partial charge in [-0.2, -0.15) is 0 Å². The Morgan fingerprint density at radius 2 is 2.20 bits per heavy atom. The maximum Gasteiger partial charge on any atom is 0.348 e. The van der Waals surface area contributed by atoms with Gasteiger partial charge in [-0.1, -0.05) is 30.3 Å². The molecule has 1 atom stereocenters. The average Bonchev–Trinajstić information content (AvgIpc) is 3.10. The Labute approximate surface area is 121 Å². The number of aromatic carboxylic acids is 1. The molecule has 1 aliphatic heterocycles. The first-order valence-corrected chi connectivity index (χ1v) is 7.42. The van der Waals surface area contributed by atoms with Crippen LogP contribution in [0.5, 0.6) is 0 Å². The molecule has 1 aliphatic rings. The van der Waals surface area contributed by atoms with Crippen molar-refractivity contribution in [2.24, 2.45) is 5.92 Å². The quantitative estimate of drug-likeness (QED) is 0.939. The fourth-order valence-electron chi connectivity index (χ4n) is 2.38. The van der Waals surface area contributed by atoms with Crippen LogP contribution in [0.1, 0.15) is 21.1 Å². The van der Waals surface area contributed by atoms with E-state index in [-0.39, 0.29) is 0 Å². The summed E-state index contributed by atoms with van der Waals surface area (Å²) in [7, 11) is 0. The summed E-state index contributed by atoms with van der Waals surface area (Å²) < 4.78 is 5.36. The van der Waals surface area contributed by atoms with Gasteiger partial charge in [0.05, 0.1) is 10.7 Å². The summed E-state index contributed by atoms with van der Waals surface area (Å²) in [4.78, 5) is 16.3. The highest BCUT2D eigenvalue weighted by atomic mass is 32.1. The van der Waals surface area contributed by atoms with Gasteiger partial charge >= 0.3 is 5.97 Å². The molecular formula is C15H15NO3S. The Hall–Kier alpha value is -1.72. The first kappa shape index (κ1) is 13.3. The topological polar surface area (TPSA) is 59.4 Å². The number of carbonyl (C=O) groups is 1. The highest BCUT2D eigenvalue weighted by Gasteiger charge is 2.22. The molecule has 1 fully saturated rings. The van der Waals surface area contributed by atoms with E-state index in [1.54, 1.807) is 0 Å². The number of benzene rings is 1. The summed E-state index contributed by atoms with van der Waals surface area (Å²) in [5.74, 6) is -0.443. The van der Waals surface area contributed by atoms with Crippen LogP contribution in [0.2, 0.25) is 0 Å². The zero-order valence-corrected chi connectivity index (χ0v) is 11.7. The number of carboxylic acids is 1. The third kappa shape index (κ3) is 2.73. The second-order valence-corrected chi connectivity index (χ2v) is 5.97. The number of aromatic nitrogens is 1. The summed E-state index contributed by atoms with van der Waals surface area (Å²) in [5, 5.41) is 10.2. The van der Waals surface area contributed by atoms with Gasteiger partial charge in [-0.3, -0.25) is 0 Å². The van der Waals surface area contributed by atoms with E-state index in [4.69, 9.17) is 4.74 Å². The Bertz CT molecular complexity index is 603. The van der Waals surface area contributed by atoms with Gasteiger partial charge in [0.2, 0.25) is 0 Å². The third-order valence-corrected chi connectivity index (χ3v) is 4.47. The van der Waals surface area contributed by atoms with Crippen LogP contribution in [0.3, 0.4) is 0 Å². The van der Waals surface area contributed by atoms with Crippen molar-refractivity contribution < 1.29 is 14.6 Å². The zero-order valence-electron chi connectivity index (χ0n) is 10.9. The predicted octanol–water partition coefficient (Wildman–Crippen LogP) is 3.09. The lowest BCUT2D eigenvalue weighted by Crippen LogP contribution is -2.02. The van der Waals surface area contributed by atoms with E-state index in [1.165, 1.54) is 11.3 Å². The molecule has 104 valence electrons. The number of nitrogens with zero attached hydrogens (tertiary/aromatic N) is 1. The standard InChI is InChI=1S/C15H15NO3S/c17-15(18)14-13(11-4-2-1-3-5-11)16-12(20-14)8-10-6-7-19-9-10/h1-5,10H,6-9H2,(H,17,18). The van der Waals surface area contributed by atoms with Crippen LogP contribution < -0.4 is 0 Å². The Morgan fingerprint density at radius 1 is 1.40 bits per heavy atom. The number of rotatable bonds is 4. The lowest BCUT2D eigenvalue weighted by atomic mass is 10.1. The maximum atomic E-state index is 11.4. The zero-order chi connectivity index (χ0) is 13.9. The van der Waals surface area contributed by atoms with Crippen molar-refractivity contribution >= 4 is 17.3 Å². The van der Waals surface area contributed by atoms with Gasteiger partial charge in [0.25, 0.3) is 0 Å². The van der Waals surface area contributed by atoms with Crippen molar-refractivity contribution in [2.75, 3.05) is 13.2 Å². The van der Waals surface area contributed by atoms with Crippen LogP contribution in [0.4, 0.5) is 0 Å². The van der Waals surface area contributed by atoms with Crippen molar-refractivity contribution in [1.29, 1.82) is 0 Å². The van der Waals surface area contributed by atoms with E-state index in [0.717, 1.165) is 36.6 Å². The van der Waals surface area contributed by atoms with Gasteiger partial charge in [0, 0.05) is 25.2 Å². The molecule has 1 aromatic heterocycles. The highest BCUT2D eigenvalue weighted by Crippen LogP contribution is 2.30. The summed E-state index contributed by atoms with van der Waals surface area (Å²) >= 11 is 1.28. The normalized spacial score (nSPS) is 18.3. The minimum Gasteiger partial charge on any atom is -0.477 e. The Kier molecular flexibility index (Phi) is 3.80. The molecule has 5 heteroatoms. The number of thiazole rings is 1. The summed E-state index contributed by atoms with van der Waals surface area (Å²) in [6, 6.07) is 9.48. The van der Waals surface area contributed by atoms with Crippen LogP contribution >= 0.6 is 11.3 Å². The third-order valence-electron chi connectivity index (χ3n) is 3.40. The summed E-state index contributed by atoms with van der Waals surface area (Å²) in [5.41, 5.74) is 1.44. The number of hydrogen-bond donors (Lipinski definition) is 1. The molecule has 0 spiro atoms. The van der Waals surface area contributed by atoms with E-state index in [0.29, 0.717) is 16.5 Å². The molecule has 0 saturated carbocycles. The van der Waals surface area contributed by atoms with E-state index < -0.39 is 5.97 Å². The Morgan fingerprint density at radius 3 is 2.85 bits per heavy atom. The number of ether oxygens (including phenoxy) is 1. The van der Waals surface area contributed by atoms with Crippen molar-refractivity contribution in [3.05, 3.63) is 40.2 Å². The van der Waals surface area contributed by atoms with Gasteiger partial charge in [-0.25, -0.2) is 9.78 Å². The molecule has 0 aliphatic carbocycles. The Balaban J connectivity index is 1.92. The summed E-state index contributed by atoms with van der Waals surface area (Å²) in [6.07, 6.45) is 1.83. The van der Waals surface area contributed by atoms with Gasteiger partial charge in [0.15, 0.2) is 0 Å². The molecule has 0 bridgehead atoms. The van der Waals surface area contributed by atoms with Gasteiger partial charge in [0.1, 0.15) is 4.88 Å². The minimum atomic E-state index is -0.907. The lowest BCUT2D eigenvalue weighted by Gasteiger charge is -2.02. The van der Waals surface area contributed by atoms with Crippen LogP contribution in [0.25, 0.3) is 11.3 Å². The van der Waals surface area contributed by atoms with Gasteiger partial charge < -0.3 is 9.84 Å². The number of carboxylic acid groups (broad SMARTS) is 1. The van der Waals surface area contributed by atoms with Gasteiger partial charge in [-0.15, -0.1) is 11.3 Å². The lowest BCUT2D eigenvalue weighted by molar-refractivity contribution is 0.0702. The molecule has 3 rings (SSSR count).